The maximum Gasteiger partial charge on any atom is 0.277 e. The number of alkyl halides is 6. The van der Waals surface area contributed by atoms with Gasteiger partial charge < -0.3 is 0 Å². The van der Waals surface area contributed by atoms with Gasteiger partial charge in [0.2, 0.25) is 0 Å². The van der Waals surface area contributed by atoms with Gasteiger partial charge in [0.15, 0.2) is 18.4 Å². The molecule has 0 saturated carbocycles. The number of carbonyl (C=O) groups is 2. The van der Waals surface area contributed by atoms with Gasteiger partial charge in [-0.2, -0.15) is 0 Å². The van der Waals surface area contributed by atoms with Crippen molar-refractivity contribution in [3.8, 4) is 0 Å². The summed E-state index contributed by atoms with van der Waals surface area (Å²) in [7, 11) is 0. The number of hydrogen-bond acceptors (Lipinski definition) is 6. The van der Waals surface area contributed by atoms with E-state index in [1.807, 2.05) is 0 Å². The van der Waals surface area contributed by atoms with E-state index in [1.165, 1.54) is 0 Å². The molecular formula is C8H8Cl6N6O5. The smallest absolute Gasteiger partial charge is 0.277 e. The Labute approximate surface area is 170 Å². The Bertz CT molecular complexity index is 529. The van der Waals surface area contributed by atoms with Gasteiger partial charge in [0, 0.05) is 0 Å². The van der Waals surface area contributed by atoms with Crippen molar-refractivity contribution < 1.29 is 14.6 Å². The van der Waals surface area contributed by atoms with E-state index >= 15 is 0 Å². The molecule has 0 aromatic rings. The molecule has 0 unspecified atom stereocenters. The van der Waals surface area contributed by atoms with E-state index in [2.05, 4.69) is 5.29 Å². The van der Waals surface area contributed by atoms with Crippen molar-refractivity contribution in [1.82, 2.24) is 19.8 Å². The molecule has 0 spiro atoms. The Hall–Kier alpha value is -0.720. The second-order valence-corrected chi connectivity index (χ2v) is 9.15. The van der Waals surface area contributed by atoms with E-state index < -0.39 is 51.1 Å². The number of nitrogens with zero attached hydrogens (tertiary/aromatic N) is 6. The second kappa shape index (κ2) is 8.31. The average molecular weight is 481 g/mol. The van der Waals surface area contributed by atoms with Crippen LogP contribution < -0.4 is 0 Å². The molecule has 142 valence electrons. The van der Waals surface area contributed by atoms with Crippen molar-refractivity contribution in [1.29, 1.82) is 0 Å². The van der Waals surface area contributed by atoms with Crippen molar-refractivity contribution in [3.05, 3.63) is 15.0 Å². The predicted molar refractivity (Wildman–Crippen MR) is 90.2 cm³/mol. The van der Waals surface area contributed by atoms with E-state index in [9.17, 15) is 24.6 Å². The first kappa shape index (κ1) is 22.3. The molecular weight excluding hydrogens is 473 g/mol. The molecule has 0 aromatic carbocycles. The van der Waals surface area contributed by atoms with Gasteiger partial charge in [0.25, 0.3) is 19.4 Å². The Balaban J connectivity index is 3.16. The predicted octanol–water partition coefficient (Wildman–Crippen LogP) is 1.70. The van der Waals surface area contributed by atoms with Crippen molar-refractivity contribution in [2.45, 2.75) is 7.59 Å². The Morgan fingerprint density at radius 1 is 0.880 bits per heavy atom. The molecule has 1 saturated heterocycles. The first-order valence-corrected chi connectivity index (χ1v) is 8.23. The van der Waals surface area contributed by atoms with Crippen LogP contribution in [0.3, 0.4) is 0 Å². The SMILES string of the molecule is O=NN1CN(C(=O)C(Cl)(Cl)Cl)CN([N+](=O)[O-])CN(C(=O)C(Cl)(Cl)Cl)C1. The number of nitro groups is 1. The van der Waals surface area contributed by atoms with Crippen LogP contribution >= 0.6 is 69.6 Å². The van der Waals surface area contributed by atoms with Gasteiger partial charge in [0.1, 0.15) is 13.3 Å². The van der Waals surface area contributed by atoms with Crippen LogP contribution in [-0.4, -0.2) is 70.9 Å². The van der Waals surface area contributed by atoms with Gasteiger partial charge in [-0.05, 0) is 0 Å². The zero-order chi connectivity index (χ0) is 19.6. The molecule has 1 heterocycles. The highest BCUT2D eigenvalue weighted by Gasteiger charge is 2.43. The monoisotopic (exact) mass is 478 g/mol. The maximum atomic E-state index is 12.1. The first-order valence-electron chi connectivity index (χ1n) is 5.97. The van der Waals surface area contributed by atoms with Crippen molar-refractivity contribution in [2.75, 3.05) is 26.7 Å². The minimum absolute atomic E-state index is 0.421. The molecule has 0 N–H and O–H groups in total. The van der Waals surface area contributed by atoms with Crippen LogP contribution in [0, 0.1) is 15.0 Å². The number of hydrogen-bond donors (Lipinski definition) is 0. The van der Waals surface area contributed by atoms with Crippen molar-refractivity contribution in [3.63, 3.8) is 0 Å². The third kappa shape index (κ3) is 6.19. The lowest BCUT2D eigenvalue weighted by molar-refractivity contribution is -0.663. The molecule has 0 aromatic heterocycles. The summed E-state index contributed by atoms with van der Waals surface area (Å²) in [6, 6.07) is 0. The minimum Gasteiger partial charge on any atom is -0.296 e. The summed E-state index contributed by atoms with van der Waals surface area (Å²) in [6.45, 7) is -2.72. The number of hydrazine groups is 1. The first-order chi connectivity index (χ1) is 11.3. The lowest BCUT2D eigenvalue weighted by Gasteiger charge is -2.37. The largest absolute Gasteiger partial charge is 0.296 e. The van der Waals surface area contributed by atoms with E-state index in [-0.39, 0.29) is 0 Å². The van der Waals surface area contributed by atoms with Crippen LogP contribution in [0.2, 0.25) is 0 Å². The third-order valence-corrected chi connectivity index (χ3v) is 3.71. The van der Waals surface area contributed by atoms with Crippen molar-refractivity contribution in [2.24, 2.45) is 5.29 Å². The van der Waals surface area contributed by atoms with E-state index in [0.717, 1.165) is 0 Å². The minimum atomic E-state index is -2.43. The molecule has 11 nitrogen and oxygen atoms in total. The van der Waals surface area contributed by atoms with Crippen molar-refractivity contribution >= 4 is 81.4 Å². The summed E-state index contributed by atoms with van der Waals surface area (Å²) in [5.41, 5.74) is 0. The average Bonchev–Trinajstić information content (AvgIpc) is 2.43. The molecule has 0 bridgehead atoms. The topological polar surface area (TPSA) is 120 Å². The second-order valence-electron chi connectivity index (χ2n) is 4.58. The summed E-state index contributed by atoms with van der Waals surface area (Å²) in [5, 5.41) is 13.9. The molecule has 0 aliphatic carbocycles. The summed E-state index contributed by atoms with van der Waals surface area (Å²) in [4.78, 5) is 47.6. The van der Waals surface area contributed by atoms with E-state index in [0.29, 0.717) is 19.8 Å². The normalized spacial score (nSPS) is 17.0. The van der Waals surface area contributed by atoms with Crippen LogP contribution in [0.25, 0.3) is 0 Å². The fourth-order valence-corrected chi connectivity index (χ4v) is 2.45. The highest BCUT2D eigenvalue weighted by Crippen LogP contribution is 2.31. The van der Waals surface area contributed by atoms with Gasteiger partial charge in [-0.15, -0.1) is 4.91 Å². The molecule has 25 heavy (non-hydrogen) atoms. The molecule has 1 aliphatic heterocycles. The molecule has 0 atom stereocenters. The number of halogens is 6. The Morgan fingerprint density at radius 2 is 1.24 bits per heavy atom. The highest BCUT2D eigenvalue weighted by molar-refractivity contribution is 6.76. The number of carbonyl (C=O) groups excluding carboxylic acids is 2. The third-order valence-electron chi connectivity index (χ3n) is 2.74. The number of amides is 2. The molecule has 1 rings (SSSR count). The maximum absolute atomic E-state index is 12.1. The lowest BCUT2D eigenvalue weighted by Crippen LogP contribution is -2.59. The molecule has 17 heteroatoms. The fraction of sp³-hybridized carbons (Fsp3) is 0.750. The quantitative estimate of drug-likeness (QED) is 0.255. The zero-order valence-corrected chi connectivity index (χ0v) is 16.4. The van der Waals surface area contributed by atoms with Crippen LogP contribution in [-0.2, 0) is 9.59 Å². The Kier molecular flexibility index (Phi) is 7.42. The summed E-state index contributed by atoms with van der Waals surface area (Å²) < 4.78 is -4.85. The molecule has 2 amide bonds. The summed E-state index contributed by atoms with van der Waals surface area (Å²) in [6.07, 6.45) is 0. The molecule has 1 aliphatic rings. The molecule has 0 radical (unpaired) electrons. The van der Waals surface area contributed by atoms with Gasteiger partial charge in [-0.25, -0.2) is 15.1 Å². The summed E-state index contributed by atoms with van der Waals surface area (Å²) >= 11 is 32.9. The lowest BCUT2D eigenvalue weighted by atomic mass is 10.5. The Morgan fingerprint density at radius 3 is 1.48 bits per heavy atom. The van der Waals surface area contributed by atoms with Gasteiger partial charge in [0.05, 0.1) is 5.29 Å². The fourth-order valence-electron chi connectivity index (χ4n) is 1.74. The number of rotatable bonds is 2. The van der Waals surface area contributed by atoms with Crippen LogP contribution in [0.5, 0.6) is 0 Å². The standard InChI is InChI=1S/C8H8Cl6N6O5/c9-7(10,11)5(21)16-1-18(15-23)2-17(6(22)8(12,13)14)4-19(3-16)20(24)25/h1-4H2. The van der Waals surface area contributed by atoms with Gasteiger partial charge >= 0.3 is 0 Å². The highest BCUT2D eigenvalue weighted by atomic mass is 35.6. The van der Waals surface area contributed by atoms with Crippen LogP contribution in [0.4, 0.5) is 0 Å². The van der Waals surface area contributed by atoms with Gasteiger partial charge in [-0.1, -0.05) is 74.6 Å². The van der Waals surface area contributed by atoms with E-state index in [4.69, 9.17) is 69.6 Å². The number of nitroso groups, excluding NO2 is 1. The summed E-state index contributed by atoms with van der Waals surface area (Å²) in [5.74, 6) is -2.28. The van der Waals surface area contributed by atoms with E-state index in [1.54, 1.807) is 0 Å². The van der Waals surface area contributed by atoms with Gasteiger partial charge in [-0.3, -0.25) is 19.4 Å². The molecule has 1 fully saturated rings. The van der Waals surface area contributed by atoms with Crippen LogP contribution in [0.1, 0.15) is 0 Å². The zero-order valence-electron chi connectivity index (χ0n) is 11.8. The van der Waals surface area contributed by atoms with Crippen LogP contribution in [0.15, 0.2) is 5.29 Å².